The maximum Gasteiger partial charge on any atom is 0.251 e. The minimum absolute atomic E-state index is 0.189. The molecule has 1 heterocycles. The van der Waals surface area contributed by atoms with Crippen LogP contribution in [0.4, 0.5) is 0 Å². The highest BCUT2D eigenvalue weighted by molar-refractivity contribution is 6.31. The molecule has 1 unspecified atom stereocenters. The molecule has 2 rings (SSSR count). The summed E-state index contributed by atoms with van der Waals surface area (Å²) in [4.78, 5) is 14.3. The number of hydrogen-bond acceptors (Lipinski definition) is 4. The summed E-state index contributed by atoms with van der Waals surface area (Å²) in [6.45, 7) is 7.28. The highest BCUT2D eigenvalue weighted by atomic mass is 35.5. The quantitative estimate of drug-likeness (QED) is 0.860. The number of amides is 1. The van der Waals surface area contributed by atoms with Crippen LogP contribution in [0.25, 0.3) is 0 Å². The van der Waals surface area contributed by atoms with Crippen molar-refractivity contribution in [2.75, 3.05) is 39.4 Å². The molecule has 6 heteroatoms. The fourth-order valence-electron chi connectivity index (χ4n) is 2.40. The van der Waals surface area contributed by atoms with Crippen LogP contribution in [0, 0.1) is 6.92 Å². The molecule has 5 nitrogen and oxygen atoms in total. The van der Waals surface area contributed by atoms with Gasteiger partial charge in [0.2, 0.25) is 0 Å². The van der Waals surface area contributed by atoms with Gasteiger partial charge in [-0.2, -0.15) is 0 Å². The Hall–Kier alpha value is -1.14. The lowest BCUT2D eigenvalue weighted by Gasteiger charge is -2.33. The van der Waals surface area contributed by atoms with Crippen LogP contribution >= 0.6 is 11.6 Å². The summed E-state index contributed by atoms with van der Waals surface area (Å²) in [6.07, 6.45) is 0. The number of nitrogens with zero attached hydrogens (tertiary/aromatic N) is 1. The zero-order valence-corrected chi connectivity index (χ0v) is 13.8. The number of ether oxygens (including phenoxy) is 1. The first-order valence-corrected chi connectivity index (χ1v) is 7.82. The molecule has 22 heavy (non-hydrogen) atoms. The lowest BCUT2D eigenvalue weighted by atomic mass is 10.1. The number of carbonyl (C=O) groups is 1. The van der Waals surface area contributed by atoms with Crippen LogP contribution in [0.5, 0.6) is 0 Å². The Balaban J connectivity index is 1.87. The maximum absolute atomic E-state index is 12.1. The summed E-state index contributed by atoms with van der Waals surface area (Å²) in [5.41, 5.74) is 0.442. The van der Waals surface area contributed by atoms with Gasteiger partial charge in [0.15, 0.2) is 0 Å². The SMILES string of the molecule is Cc1ccc(C(=O)NCC(C)(O)CN2CCOCC2)cc1Cl. The average molecular weight is 327 g/mol. The molecule has 1 amide bonds. The maximum atomic E-state index is 12.1. The van der Waals surface area contributed by atoms with Crippen LogP contribution in [0.3, 0.4) is 0 Å². The van der Waals surface area contributed by atoms with E-state index in [9.17, 15) is 9.90 Å². The lowest BCUT2D eigenvalue weighted by Crippen LogP contribution is -2.51. The summed E-state index contributed by atoms with van der Waals surface area (Å²) < 4.78 is 5.29. The van der Waals surface area contributed by atoms with E-state index in [-0.39, 0.29) is 12.5 Å². The fraction of sp³-hybridized carbons (Fsp3) is 0.562. The largest absolute Gasteiger partial charge is 0.387 e. The van der Waals surface area contributed by atoms with E-state index < -0.39 is 5.60 Å². The van der Waals surface area contributed by atoms with Crippen LogP contribution in [-0.4, -0.2) is 60.9 Å². The van der Waals surface area contributed by atoms with E-state index in [0.29, 0.717) is 30.3 Å². The highest BCUT2D eigenvalue weighted by Crippen LogP contribution is 2.16. The molecule has 1 aliphatic heterocycles. The Kier molecular flexibility index (Phi) is 5.81. The third-order valence-corrected chi connectivity index (χ3v) is 4.14. The Morgan fingerprint density at radius 2 is 2.14 bits per heavy atom. The van der Waals surface area contributed by atoms with Gasteiger partial charge in [-0.25, -0.2) is 0 Å². The first kappa shape index (κ1) is 17.2. The second kappa shape index (κ2) is 7.42. The van der Waals surface area contributed by atoms with Gasteiger partial charge in [-0.05, 0) is 31.5 Å². The van der Waals surface area contributed by atoms with Gasteiger partial charge in [0.05, 0.1) is 18.8 Å². The zero-order chi connectivity index (χ0) is 16.2. The molecule has 0 saturated carbocycles. The van der Waals surface area contributed by atoms with E-state index in [2.05, 4.69) is 10.2 Å². The Bertz CT molecular complexity index is 528. The third kappa shape index (κ3) is 4.95. The smallest absolute Gasteiger partial charge is 0.251 e. The molecular formula is C16H23ClN2O3. The van der Waals surface area contributed by atoms with Crippen LogP contribution < -0.4 is 5.32 Å². The van der Waals surface area contributed by atoms with Crippen molar-refractivity contribution >= 4 is 17.5 Å². The number of rotatable bonds is 5. The number of aryl methyl sites for hydroxylation is 1. The van der Waals surface area contributed by atoms with Crippen LogP contribution in [0.1, 0.15) is 22.8 Å². The molecule has 1 aromatic carbocycles. The molecule has 2 N–H and O–H groups in total. The number of aliphatic hydroxyl groups is 1. The third-order valence-electron chi connectivity index (χ3n) is 3.73. The van der Waals surface area contributed by atoms with Crippen molar-refractivity contribution in [3.63, 3.8) is 0 Å². The molecule has 0 bridgehead atoms. The van der Waals surface area contributed by atoms with Crippen molar-refractivity contribution in [2.24, 2.45) is 0 Å². The van der Waals surface area contributed by atoms with E-state index in [1.54, 1.807) is 19.1 Å². The number of benzene rings is 1. The molecule has 1 saturated heterocycles. The number of halogens is 1. The van der Waals surface area contributed by atoms with E-state index in [1.165, 1.54) is 0 Å². The van der Waals surface area contributed by atoms with Crippen molar-refractivity contribution in [2.45, 2.75) is 19.4 Å². The molecule has 122 valence electrons. The van der Waals surface area contributed by atoms with Gasteiger partial charge >= 0.3 is 0 Å². The normalized spacial score (nSPS) is 18.7. The van der Waals surface area contributed by atoms with Crippen molar-refractivity contribution in [1.82, 2.24) is 10.2 Å². The first-order chi connectivity index (χ1) is 10.4. The molecule has 0 aromatic heterocycles. The Labute approximate surface area is 136 Å². The minimum Gasteiger partial charge on any atom is -0.387 e. The molecule has 1 aromatic rings. The fourth-order valence-corrected chi connectivity index (χ4v) is 2.58. The summed E-state index contributed by atoms with van der Waals surface area (Å²) in [5.74, 6) is -0.232. The highest BCUT2D eigenvalue weighted by Gasteiger charge is 2.26. The van der Waals surface area contributed by atoms with Gasteiger partial charge in [-0.15, -0.1) is 0 Å². The number of hydrogen-bond donors (Lipinski definition) is 2. The Morgan fingerprint density at radius 1 is 1.45 bits per heavy atom. The average Bonchev–Trinajstić information content (AvgIpc) is 2.48. The van der Waals surface area contributed by atoms with E-state index in [0.717, 1.165) is 18.7 Å². The van der Waals surface area contributed by atoms with Crippen LogP contribution in [-0.2, 0) is 4.74 Å². The van der Waals surface area contributed by atoms with Gasteiger partial charge in [-0.1, -0.05) is 17.7 Å². The van der Waals surface area contributed by atoms with E-state index in [1.807, 2.05) is 13.0 Å². The van der Waals surface area contributed by atoms with Gasteiger partial charge < -0.3 is 15.2 Å². The van der Waals surface area contributed by atoms with Gasteiger partial charge in [0, 0.05) is 36.8 Å². The van der Waals surface area contributed by atoms with Crippen molar-refractivity contribution in [3.05, 3.63) is 34.3 Å². The predicted molar refractivity (Wildman–Crippen MR) is 86.4 cm³/mol. The van der Waals surface area contributed by atoms with Crippen LogP contribution in [0.2, 0.25) is 5.02 Å². The monoisotopic (exact) mass is 326 g/mol. The van der Waals surface area contributed by atoms with Crippen molar-refractivity contribution < 1.29 is 14.6 Å². The van der Waals surface area contributed by atoms with E-state index >= 15 is 0 Å². The number of β-amino-alcohol motifs (C(OH)–C–C–N with tert-alkyl or cyclic N) is 1. The summed E-state index contributed by atoms with van der Waals surface area (Å²) >= 11 is 6.03. The number of nitrogens with one attached hydrogen (secondary N) is 1. The molecule has 0 aliphatic carbocycles. The number of carbonyl (C=O) groups excluding carboxylic acids is 1. The Morgan fingerprint density at radius 3 is 2.77 bits per heavy atom. The standard InChI is InChI=1S/C16H23ClN2O3/c1-12-3-4-13(9-14(12)17)15(20)18-10-16(2,21)11-19-5-7-22-8-6-19/h3-4,9,21H,5-8,10-11H2,1-2H3,(H,18,20). The topological polar surface area (TPSA) is 61.8 Å². The second-order valence-corrected chi connectivity index (χ2v) is 6.44. The van der Waals surface area contributed by atoms with Crippen LogP contribution in [0.15, 0.2) is 18.2 Å². The van der Waals surface area contributed by atoms with E-state index in [4.69, 9.17) is 16.3 Å². The van der Waals surface area contributed by atoms with Crippen molar-refractivity contribution in [1.29, 1.82) is 0 Å². The number of morpholine rings is 1. The molecule has 1 aliphatic rings. The van der Waals surface area contributed by atoms with Crippen molar-refractivity contribution in [3.8, 4) is 0 Å². The minimum atomic E-state index is -0.985. The first-order valence-electron chi connectivity index (χ1n) is 7.44. The van der Waals surface area contributed by atoms with Gasteiger partial charge in [-0.3, -0.25) is 9.69 Å². The summed E-state index contributed by atoms with van der Waals surface area (Å²) in [6, 6.07) is 5.18. The van der Waals surface area contributed by atoms with Gasteiger partial charge in [0.25, 0.3) is 5.91 Å². The zero-order valence-electron chi connectivity index (χ0n) is 13.1. The molecule has 1 atom stereocenters. The second-order valence-electron chi connectivity index (χ2n) is 6.03. The summed E-state index contributed by atoms with van der Waals surface area (Å²) in [5, 5.41) is 13.8. The molecular weight excluding hydrogens is 304 g/mol. The summed E-state index contributed by atoms with van der Waals surface area (Å²) in [7, 11) is 0. The molecule has 0 radical (unpaired) electrons. The van der Waals surface area contributed by atoms with Gasteiger partial charge in [0.1, 0.15) is 0 Å². The lowest BCUT2D eigenvalue weighted by molar-refractivity contribution is -0.0213. The molecule has 1 fully saturated rings. The molecule has 0 spiro atoms. The predicted octanol–water partition coefficient (Wildman–Crippen LogP) is 1.46.